The average molecular weight is 401 g/mol. The predicted octanol–water partition coefficient (Wildman–Crippen LogP) is 1.61. The summed E-state index contributed by atoms with van der Waals surface area (Å²) < 4.78 is 20.8. The highest BCUT2D eigenvalue weighted by Crippen LogP contribution is 2.25. The third-order valence-corrected chi connectivity index (χ3v) is 4.79. The van der Waals surface area contributed by atoms with Crippen molar-refractivity contribution in [3.05, 3.63) is 68.9 Å². The maximum absolute atomic E-state index is 14.2. The van der Waals surface area contributed by atoms with E-state index in [-0.39, 0.29) is 29.8 Å². The number of halogens is 1. The van der Waals surface area contributed by atoms with Gasteiger partial charge in [-0.1, -0.05) is 17.7 Å². The Morgan fingerprint density at radius 3 is 2.72 bits per heavy atom. The number of nitrogens with zero attached hydrogens (tertiary/aromatic N) is 1. The summed E-state index contributed by atoms with van der Waals surface area (Å²) in [5, 5.41) is 5.23. The minimum absolute atomic E-state index is 0.0188. The van der Waals surface area contributed by atoms with Crippen LogP contribution in [0.3, 0.4) is 0 Å². The van der Waals surface area contributed by atoms with E-state index in [0.717, 1.165) is 12.0 Å². The van der Waals surface area contributed by atoms with Gasteiger partial charge in [0, 0.05) is 25.4 Å². The minimum Gasteiger partial charge on any atom is -0.376 e. The standard InChI is InChI=1S/C21H24FN3O4/c1-4-29-18-9-17(18)24-19(26)14-8-15(20(27)23-3)21(28)25(11-14)10-13-7-12(2)5-6-16(13)22/h5-8,11,17-18H,4,9-10H2,1-3H3,(H,23,27)(H,24,26). The number of pyridine rings is 1. The summed E-state index contributed by atoms with van der Waals surface area (Å²) in [6.45, 7) is 4.16. The van der Waals surface area contributed by atoms with Crippen molar-refractivity contribution in [2.75, 3.05) is 13.7 Å². The zero-order chi connectivity index (χ0) is 21.1. The fourth-order valence-electron chi connectivity index (χ4n) is 3.16. The number of carbonyl (C=O) groups excluding carboxylic acids is 2. The van der Waals surface area contributed by atoms with Crippen LogP contribution in [-0.4, -0.2) is 42.2 Å². The fourth-order valence-corrected chi connectivity index (χ4v) is 3.16. The average Bonchev–Trinajstić information content (AvgIpc) is 3.43. The Kier molecular flexibility index (Phi) is 6.12. The summed E-state index contributed by atoms with van der Waals surface area (Å²) in [6.07, 6.45) is 2.05. The Hall–Kier alpha value is -3.00. The molecule has 154 valence electrons. The van der Waals surface area contributed by atoms with Crippen molar-refractivity contribution < 1.29 is 18.7 Å². The number of hydrogen-bond donors (Lipinski definition) is 2. The zero-order valence-corrected chi connectivity index (χ0v) is 16.6. The molecule has 0 saturated heterocycles. The number of rotatable bonds is 7. The first-order valence-corrected chi connectivity index (χ1v) is 9.48. The highest BCUT2D eigenvalue weighted by Gasteiger charge is 2.39. The van der Waals surface area contributed by atoms with E-state index in [1.54, 1.807) is 12.1 Å². The number of nitrogens with one attached hydrogen (secondary N) is 2. The lowest BCUT2D eigenvalue weighted by molar-refractivity contribution is 0.0914. The number of aromatic nitrogens is 1. The summed E-state index contributed by atoms with van der Waals surface area (Å²) in [5.74, 6) is -1.49. The molecule has 3 rings (SSSR count). The van der Waals surface area contributed by atoms with Crippen molar-refractivity contribution >= 4 is 11.8 Å². The molecule has 2 aromatic rings. The van der Waals surface area contributed by atoms with Crippen LogP contribution < -0.4 is 16.2 Å². The van der Waals surface area contributed by atoms with Crippen molar-refractivity contribution in [2.45, 2.75) is 39.0 Å². The van der Waals surface area contributed by atoms with E-state index >= 15 is 0 Å². The first-order valence-electron chi connectivity index (χ1n) is 9.48. The number of aryl methyl sites for hydroxylation is 1. The van der Waals surface area contributed by atoms with Gasteiger partial charge in [0.15, 0.2) is 0 Å². The quantitative estimate of drug-likeness (QED) is 0.738. The van der Waals surface area contributed by atoms with Gasteiger partial charge in [0.05, 0.1) is 24.3 Å². The van der Waals surface area contributed by atoms with Crippen molar-refractivity contribution in [1.82, 2.24) is 15.2 Å². The first kappa shape index (κ1) is 20.7. The molecule has 1 fully saturated rings. The van der Waals surface area contributed by atoms with Crippen LogP contribution in [0, 0.1) is 12.7 Å². The Labute approximate surface area is 167 Å². The van der Waals surface area contributed by atoms with Gasteiger partial charge in [0.1, 0.15) is 11.4 Å². The van der Waals surface area contributed by atoms with Gasteiger partial charge in [-0.3, -0.25) is 14.4 Å². The van der Waals surface area contributed by atoms with E-state index in [1.165, 1.54) is 29.9 Å². The van der Waals surface area contributed by atoms with Gasteiger partial charge < -0.3 is 19.9 Å². The van der Waals surface area contributed by atoms with Gasteiger partial charge in [-0.2, -0.15) is 0 Å². The third kappa shape index (κ3) is 4.71. The van der Waals surface area contributed by atoms with E-state index in [0.29, 0.717) is 12.2 Å². The van der Waals surface area contributed by atoms with Crippen LogP contribution in [0.4, 0.5) is 4.39 Å². The van der Waals surface area contributed by atoms with Gasteiger partial charge in [0.2, 0.25) is 0 Å². The predicted molar refractivity (Wildman–Crippen MR) is 106 cm³/mol. The Morgan fingerprint density at radius 2 is 2.03 bits per heavy atom. The third-order valence-electron chi connectivity index (χ3n) is 4.79. The molecule has 0 bridgehead atoms. The summed E-state index contributed by atoms with van der Waals surface area (Å²) in [5.41, 5.74) is 0.515. The van der Waals surface area contributed by atoms with E-state index in [9.17, 15) is 18.8 Å². The summed E-state index contributed by atoms with van der Waals surface area (Å²) >= 11 is 0. The van der Waals surface area contributed by atoms with Crippen molar-refractivity contribution in [1.29, 1.82) is 0 Å². The maximum atomic E-state index is 14.2. The van der Waals surface area contributed by atoms with E-state index in [1.807, 2.05) is 13.8 Å². The second kappa shape index (κ2) is 8.57. The molecule has 2 N–H and O–H groups in total. The Bertz CT molecular complexity index is 1000. The lowest BCUT2D eigenvalue weighted by Crippen LogP contribution is -2.35. The lowest BCUT2D eigenvalue weighted by atomic mass is 10.1. The molecule has 0 aliphatic heterocycles. The van der Waals surface area contributed by atoms with E-state index in [2.05, 4.69) is 10.6 Å². The maximum Gasteiger partial charge on any atom is 0.263 e. The van der Waals surface area contributed by atoms with Crippen LogP contribution in [0.15, 0.2) is 35.3 Å². The second-order valence-corrected chi connectivity index (χ2v) is 7.06. The molecule has 1 aromatic carbocycles. The minimum atomic E-state index is -0.610. The van der Waals surface area contributed by atoms with Gasteiger partial charge in [0.25, 0.3) is 17.4 Å². The molecule has 2 unspecified atom stereocenters. The van der Waals surface area contributed by atoms with Crippen molar-refractivity contribution in [2.24, 2.45) is 0 Å². The van der Waals surface area contributed by atoms with Crippen LogP contribution in [0.1, 0.15) is 45.2 Å². The van der Waals surface area contributed by atoms with Gasteiger partial charge >= 0.3 is 0 Å². The normalized spacial score (nSPS) is 17.7. The molecule has 1 aliphatic rings. The molecular weight excluding hydrogens is 377 g/mol. The monoisotopic (exact) mass is 401 g/mol. The van der Waals surface area contributed by atoms with Crippen LogP contribution in [0.25, 0.3) is 0 Å². The molecule has 2 amide bonds. The molecule has 29 heavy (non-hydrogen) atoms. The largest absolute Gasteiger partial charge is 0.376 e. The van der Waals surface area contributed by atoms with Crippen LogP contribution in [0.5, 0.6) is 0 Å². The highest BCUT2D eigenvalue weighted by atomic mass is 19.1. The first-order chi connectivity index (χ1) is 13.8. The van der Waals surface area contributed by atoms with Crippen molar-refractivity contribution in [3.63, 3.8) is 0 Å². The smallest absolute Gasteiger partial charge is 0.263 e. The molecular formula is C21H24FN3O4. The molecule has 7 nitrogen and oxygen atoms in total. The zero-order valence-electron chi connectivity index (χ0n) is 16.6. The number of ether oxygens (including phenoxy) is 1. The molecule has 0 spiro atoms. The number of amides is 2. The SMILES string of the molecule is CCOC1CC1NC(=O)c1cc(C(=O)NC)c(=O)n(Cc2cc(C)ccc2F)c1. The molecule has 1 aliphatic carbocycles. The van der Waals surface area contributed by atoms with Crippen molar-refractivity contribution in [3.8, 4) is 0 Å². The summed E-state index contributed by atoms with van der Waals surface area (Å²) in [7, 11) is 1.40. The molecule has 0 radical (unpaired) electrons. The van der Waals surface area contributed by atoms with Gasteiger partial charge in [-0.05, 0) is 32.4 Å². The fraction of sp³-hybridized carbons (Fsp3) is 0.381. The summed E-state index contributed by atoms with van der Waals surface area (Å²) in [4.78, 5) is 37.6. The van der Waals surface area contributed by atoms with Crippen LogP contribution in [0.2, 0.25) is 0 Å². The van der Waals surface area contributed by atoms with Gasteiger partial charge in [-0.15, -0.1) is 0 Å². The summed E-state index contributed by atoms with van der Waals surface area (Å²) in [6, 6.07) is 5.75. The molecule has 1 saturated carbocycles. The number of benzene rings is 1. The Balaban J connectivity index is 1.94. The van der Waals surface area contributed by atoms with E-state index < -0.39 is 23.2 Å². The molecule has 8 heteroatoms. The molecule has 2 atom stereocenters. The second-order valence-electron chi connectivity index (χ2n) is 7.06. The lowest BCUT2D eigenvalue weighted by Gasteiger charge is -2.13. The number of carbonyl (C=O) groups is 2. The topological polar surface area (TPSA) is 89.4 Å². The van der Waals surface area contributed by atoms with E-state index in [4.69, 9.17) is 4.74 Å². The molecule has 1 heterocycles. The van der Waals surface area contributed by atoms with Crippen LogP contribution >= 0.6 is 0 Å². The van der Waals surface area contributed by atoms with Gasteiger partial charge in [-0.25, -0.2) is 4.39 Å². The highest BCUT2D eigenvalue weighted by molar-refractivity contribution is 5.99. The van der Waals surface area contributed by atoms with Crippen LogP contribution in [-0.2, 0) is 11.3 Å². The molecule has 1 aromatic heterocycles. The Morgan fingerprint density at radius 1 is 1.28 bits per heavy atom. The number of hydrogen-bond acceptors (Lipinski definition) is 4.